The molecule has 0 spiro atoms. The van der Waals surface area contributed by atoms with E-state index in [0.717, 1.165) is 50.1 Å². The lowest BCUT2D eigenvalue weighted by molar-refractivity contribution is 0.0247. The third kappa shape index (κ3) is 5.02. The van der Waals surface area contributed by atoms with Gasteiger partial charge in [0.1, 0.15) is 29.9 Å². The lowest BCUT2D eigenvalue weighted by atomic mass is 10.0. The summed E-state index contributed by atoms with van der Waals surface area (Å²) in [6, 6.07) is 9.58. The molecule has 39 heavy (non-hydrogen) atoms. The molecule has 2 aromatic heterocycles. The molecule has 0 saturated carbocycles. The van der Waals surface area contributed by atoms with Crippen LogP contribution in [0.25, 0.3) is 22.4 Å². The van der Waals surface area contributed by atoms with Gasteiger partial charge in [0.2, 0.25) is 0 Å². The predicted molar refractivity (Wildman–Crippen MR) is 152 cm³/mol. The summed E-state index contributed by atoms with van der Waals surface area (Å²) in [4.78, 5) is 25.9. The zero-order chi connectivity index (χ0) is 27.1. The third-order valence-corrected chi connectivity index (χ3v) is 7.86. The third-order valence-electron chi connectivity index (χ3n) is 7.27. The number of imidazole rings is 1. The van der Waals surface area contributed by atoms with Crippen molar-refractivity contribution in [2.45, 2.75) is 25.6 Å². The van der Waals surface area contributed by atoms with Crippen molar-refractivity contribution in [1.29, 1.82) is 0 Å². The van der Waals surface area contributed by atoms with Crippen molar-refractivity contribution in [2.75, 3.05) is 49.7 Å². The van der Waals surface area contributed by atoms with Gasteiger partial charge in [-0.15, -0.1) is 0 Å². The molecular formula is C28H29BrFN5O4. The van der Waals surface area contributed by atoms with Crippen molar-refractivity contribution in [2.24, 2.45) is 0 Å². The number of ether oxygens (including phenoxy) is 2. The summed E-state index contributed by atoms with van der Waals surface area (Å²) in [5, 5.41) is 14.2. The van der Waals surface area contributed by atoms with E-state index in [4.69, 9.17) is 14.5 Å². The normalized spacial score (nSPS) is 17.7. The standard InChI is InChI=1S/C28H29BrFN5O4/c1-15-8-18(35-5-7-38-19(12-30)14-35)11-22-25(15)34-27(33-22)24-21(2-4-31-28(24)37)32-13-23(36)17-9-16-3-6-39-26(16)20(29)10-17/h2,4,8-11,19,23,36H,3,5-7,12-14H2,1H3,(H,33,34)(H2,31,32,37)/t19?,23-/m1/s1. The molecular weight excluding hydrogens is 569 g/mol. The Bertz CT molecular complexity index is 1590. The van der Waals surface area contributed by atoms with Crippen molar-refractivity contribution in [3.05, 3.63) is 68.0 Å². The largest absolute Gasteiger partial charge is 0.492 e. The van der Waals surface area contributed by atoms with Crippen LogP contribution in [0.15, 0.2) is 45.8 Å². The summed E-state index contributed by atoms with van der Waals surface area (Å²) in [7, 11) is 0. The maximum absolute atomic E-state index is 13.2. The van der Waals surface area contributed by atoms with Crippen LogP contribution in [-0.2, 0) is 11.2 Å². The van der Waals surface area contributed by atoms with Gasteiger partial charge < -0.3 is 34.8 Å². The van der Waals surface area contributed by atoms with E-state index >= 15 is 0 Å². The number of nitrogens with zero attached hydrogens (tertiary/aromatic N) is 2. The summed E-state index contributed by atoms with van der Waals surface area (Å²) in [5.41, 5.74) is 5.85. The molecule has 0 amide bonds. The molecule has 0 radical (unpaired) electrons. The molecule has 1 fully saturated rings. The molecule has 4 heterocycles. The Morgan fingerprint density at radius 2 is 2.18 bits per heavy atom. The van der Waals surface area contributed by atoms with Crippen LogP contribution in [0.1, 0.15) is 22.8 Å². The number of hydrogen-bond acceptors (Lipinski definition) is 7. The highest BCUT2D eigenvalue weighted by atomic mass is 79.9. The molecule has 11 heteroatoms. The SMILES string of the molecule is Cc1cc(N2CCOC(CF)C2)cc2[nH]c(-c3c(NC[C@@H](O)c4cc(Br)c5c(c4)CCO5)cc[nH]c3=O)nc12. The van der Waals surface area contributed by atoms with Gasteiger partial charge in [0.15, 0.2) is 0 Å². The zero-order valence-corrected chi connectivity index (χ0v) is 23.0. The summed E-state index contributed by atoms with van der Waals surface area (Å²) < 4.78 is 25.1. The minimum absolute atomic E-state index is 0.193. The molecule has 204 valence electrons. The molecule has 1 unspecified atom stereocenters. The number of pyridine rings is 1. The Morgan fingerprint density at radius 3 is 3.03 bits per heavy atom. The van der Waals surface area contributed by atoms with Gasteiger partial charge in [0.05, 0.1) is 40.5 Å². The van der Waals surface area contributed by atoms with Gasteiger partial charge in [-0.25, -0.2) is 9.37 Å². The van der Waals surface area contributed by atoms with E-state index in [2.05, 4.69) is 36.1 Å². The summed E-state index contributed by atoms with van der Waals surface area (Å²) in [6.07, 6.45) is 1.12. The predicted octanol–water partition coefficient (Wildman–Crippen LogP) is 4.24. The molecule has 4 N–H and O–H groups in total. The van der Waals surface area contributed by atoms with Gasteiger partial charge >= 0.3 is 0 Å². The molecule has 9 nitrogen and oxygen atoms in total. The number of aromatic amines is 2. The number of aliphatic hydroxyl groups excluding tert-OH is 1. The Morgan fingerprint density at radius 1 is 1.31 bits per heavy atom. The summed E-state index contributed by atoms with van der Waals surface area (Å²) in [5.74, 6) is 1.25. The maximum Gasteiger partial charge on any atom is 0.261 e. The number of morpholine rings is 1. The Balaban J connectivity index is 1.27. The van der Waals surface area contributed by atoms with Crippen molar-refractivity contribution >= 4 is 38.3 Å². The second kappa shape index (κ2) is 10.6. The molecule has 4 aromatic rings. The van der Waals surface area contributed by atoms with E-state index in [9.17, 15) is 14.3 Å². The first-order valence-corrected chi connectivity index (χ1v) is 13.7. The van der Waals surface area contributed by atoms with Gasteiger partial charge in [-0.3, -0.25) is 4.79 Å². The molecule has 2 aromatic carbocycles. The highest BCUT2D eigenvalue weighted by Crippen LogP contribution is 2.37. The fourth-order valence-corrected chi connectivity index (χ4v) is 5.91. The van der Waals surface area contributed by atoms with Crippen molar-refractivity contribution < 1.29 is 19.0 Å². The number of aliphatic hydroxyl groups is 1. The monoisotopic (exact) mass is 597 g/mol. The van der Waals surface area contributed by atoms with E-state index in [1.807, 2.05) is 31.2 Å². The molecule has 2 aliphatic heterocycles. The molecule has 2 aliphatic rings. The van der Waals surface area contributed by atoms with Crippen LogP contribution in [0.3, 0.4) is 0 Å². The van der Waals surface area contributed by atoms with E-state index in [1.165, 1.54) is 0 Å². The van der Waals surface area contributed by atoms with E-state index < -0.39 is 18.9 Å². The number of alkyl halides is 1. The Labute approximate surface area is 232 Å². The number of hydrogen-bond donors (Lipinski definition) is 4. The van der Waals surface area contributed by atoms with Gasteiger partial charge in [-0.2, -0.15) is 0 Å². The first-order valence-electron chi connectivity index (χ1n) is 12.9. The number of rotatable bonds is 7. The van der Waals surface area contributed by atoms with Crippen LogP contribution in [0.4, 0.5) is 15.8 Å². The number of aromatic nitrogens is 3. The van der Waals surface area contributed by atoms with E-state index in [-0.39, 0.29) is 12.1 Å². The number of nitrogens with one attached hydrogen (secondary N) is 3. The van der Waals surface area contributed by atoms with Gasteiger partial charge in [0.25, 0.3) is 5.56 Å². The first-order chi connectivity index (χ1) is 18.9. The van der Waals surface area contributed by atoms with Crippen molar-refractivity contribution in [3.8, 4) is 17.1 Å². The van der Waals surface area contributed by atoms with Crippen molar-refractivity contribution in [1.82, 2.24) is 15.0 Å². The average Bonchev–Trinajstić information content (AvgIpc) is 3.59. The van der Waals surface area contributed by atoms with Crippen LogP contribution in [0.2, 0.25) is 0 Å². The van der Waals surface area contributed by atoms with Gasteiger partial charge in [0, 0.05) is 37.9 Å². The molecule has 1 saturated heterocycles. The molecule has 0 aliphatic carbocycles. The number of H-pyrrole nitrogens is 2. The average molecular weight is 598 g/mol. The minimum atomic E-state index is -0.804. The van der Waals surface area contributed by atoms with E-state index in [0.29, 0.717) is 43.4 Å². The number of anilines is 2. The fraction of sp³-hybridized carbons (Fsp3) is 0.357. The Hall–Kier alpha value is -3.41. The van der Waals surface area contributed by atoms with Crippen LogP contribution in [0.5, 0.6) is 5.75 Å². The fourth-order valence-electron chi connectivity index (χ4n) is 5.28. The molecule has 6 rings (SSSR count). The number of benzene rings is 2. The quantitative estimate of drug-likeness (QED) is 0.252. The summed E-state index contributed by atoms with van der Waals surface area (Å²) >= 11 is 3.53. The minimum Gasteiger partial charge on any atom is -0.492 e. The lowest BCUT2D eigenvalue weighted by Crippen LogP contribution is -2.43. The maximum atomic E-state index is 13.2. The second-order valence-corrected chi connectivity index (χ2v) is 10.8. The smallest absolute Gasteiger partial charge is 0.261 e. The highest BCUT2D eigenvalue weighted by molar-refractivity contribution is 9.10. The molecule has 2 atom stereocenters. The van der Waals surface area contributed by atoms with Crippen molar-refractivity contribution in [3.63, 3.8) is 0 Å². The number of aryl methyl sites for hydroxylation is 1. The topological polar surface area (TPSA) is 115 Å². The first kappa shape index (κ1) is 25.8. The lowest BCUT2D eigenvalue weighted by Gasteiger charge is -2.33. The van der Waals surface area contributed by atoms with Crippen LogP contribution < -0.4 is 20.5 Å². The number of halogens is 2. The highest BCUT2D eigenvalue weighted by Gasteiger charge is 2.23. The van der Waals surface area contributed by atoms with Crippen LogP contribution in [-0.4, -0.2) is 65.7 Å². The number of fused-ring (bicyclic) bond motifs is 2. The second-order valence-electron chi connectivity index (χ2n) is 9.92. The van der Waals surface area contributed by atoms with Crippen LogP contribution >= 0.6 is 15.9 Å². The Kier molecular flexibility index (Phi) is 7.05. The van der Waals surface area contributed by atoms with Crippen LogP contribution in [0, 0.1) is 6.92 Å². The zero-order valence-electron chi connectivity index (χ0n) is 21.4. The van der Waals surface area contributed by atoms with E-state index in [1.54, 1.807) is 12.3 Å². The van der Waals surface area contributed by atoms with Gasteiger partial charge in [-0.05, 0) is 69.9 Å². The van der Waals surface area contributed by atoms with Gasteiger partial charge in [-0.1, -0.05) is 0 Å². The summed E-state index contributed by atoms with van der Waals surface area (Å²) in [6.45, 7) is 3.88. The molecule has 0 bridgehead atoms.